The molecule has 2 aromatic heterocycles. The predicted octanol–water partition coefficient (Wildman–Crippen LogP) is 4.62. The molecular weight excluding hydrogens is 372 g/mol. The van der Waals surface area contributed by atoms with Gasteiger partial charge in [-0.2, -0.15) is 0 Å². The van der Waals surface area contributed by atoms with Gasteiger partial charge in [-0.25, -0.2) is 0 Å². The Morgan fingerprint density at radius 3 is 2.07 bits per heavy atom. The van der Waals surface area contributed by atoms with E-state index in [2.05, 4.69) is 27.0 Å². The fourth-order valence-corrected chi connectivity index (χ4v) is 3.52. The number of nitrogens with zero attached hydrogens (tertiary/aromatic N) is 3. The highest BCUT2D eigenvalue weighted by atomic mass is 16.1. The summed E-state index contributed by atoms with van der Waals surface area (Å²) in [6.45, 7) is 0.694. The predicted molar refractivity (Wildman–Crippen MR) is 120 cm³/mol. The summed E-state index contributed by atoms with van der Waals surface area (Å²) in [6, 6.07) is 23.7. The zero-order valence-electron chi connectivity index (χ0n) is 16.5. The van der Waals surface area contributed by atoms with Gasteiger partial charge in [0.15, 0.2) is 0 Å². The van der Waals surface area contributed by atoms with Gasteiger partial charge < -0.3 is 10.6 Å². The molecule has 0 saturated carbocycles. The number of nitrogens with two attached hydrogens (primary N) is 1. The standard InChI is InChI=1S/C25H22N4O/c26-25(30)21-10-11-24(19-6-2-1-3-7-19)20(16-21)12-15-29(22-8-4-13-27-17-22)23-9-5-14-28-18-23/h1-11,13-14,16-18H,12,15H2,(H2,26,30). The van der Waals surface area contributed by atoms with Gasteiger partial charge in [0.1, 0.15) is 0 Å². The Labute approximate surface area is 175 Å². The minimum atomic E-state index is -0.424. The van der Waals surface area contributed by atoms with Crippen molar-refractivity contribution in [1.29, 1.82) is 0 Å². The Kier molecular flexibility index (Phi) is 5.80. The van der Waals surface area contributed by atoms with Crippen molar-refractivity contribution < 1.29 is 4.79 Å². The molecule has 30 heavy (non-hydrogen) atoms. The van der Waals surface area contributed by atoms with Crippen LogP contribution in [-0.4, -0.2) is 22.4 Å². The molecule has 4 rings (SSSR count). The Balaban J connectivity index is 1.70. The van der Waals surface area contributed by atoms with Gasteiger partial charge in [0.05, 0.1) is 23.8 Å². The summed E-state index contributed by atoms with van der Waals surface area (Å²) >= 11 is 0. The molecule has 0 radical (unpaired) electrons. The number of amides is 1. The number of anilines is 2. The van der Waals surface area contributed by atoms with Crippen LogP contribution in [-0.2, 0) is 6.42 Å². The Morgan fingerprint density at radius 1 is 0.833 bits per heavy atom. The molecule has 4 aromatic rings. The lowest BCUT2D eigenvalue weighted by molar-refractivity contribution is 0.1000. The van der Waals surface area contributed by atoms with Crippen LogP contribution in [0, 0.1) is 0 Å². The molecule has 1 amide bonds. The first-order chi connectivity index (χ1) is 14.7. The highest BCUT2D eigenvalue weighted by Crippen LogP contribution is 2.28. The molecule has 0 fully saturated rings. The Bertz CT molecular complexity index is 1080. The molecule has 2 heterocycles. The number of primary amides is 1. The first-order valence-corrected chi connectivity index (χ1v) is 9.78. The van der Waals surface area contributed by atoms with Gasteiger partial charge in [-0.3, -0.25) is 14.8 Å². The number of benzene rings is 2. The van der Waals surface area contributed by atoms with Crippen LogP contribution in [0.3, 0.4) is 0 Å². The minimum absolute atomic E-state index is 0.424. The fourth-order valence-electron chi connectivity index (χ4n) is 3.52. The summed E-state index contributed by atoms with van der Waals surface area (Å²) in [6.07, 6.45) is 7.91. The molecule has 0 bridgehead atoms. The van der Waals surface area contributed by atoms with E-state index < -0.39 is 5.91 Å². The summed E-state index contributed by atoms with van der Waals surface area (Å²) in [5, 5.41) is 0. The molecule has 2 aromatic carbocycles. The second kappa shape index (κ2) is 9.01. The molecule has 148 valence electrons. The molecule has 0 aliphatic rings. The fraction of sp³-hybridized carbons (Fsp3) is 0.0800. The second-order valence-corrected chi connectivity index (χ2v) is 6.93. The number of rotatable bonds is 7. The normalized spacial score (nSPS) is 10.5. The van der Waals surface area contributed by atoms with Crippen LogP contribution < -0.4 is 10.6 Å². The summed E-state index contributed by atoms with van der Waals surface area (Å²) in [5.41, 5.74) is 11.3. The van der Waals surface area contributed by atoms with Crippen LogP contribution in [0.15, 0.2) is 97.6 Å². The molecule has 0 aliphatic heterocycles. The van der Waals surface area contributed by atoms with Crippen molar-refractivity contribution in [2.75, 3.05) is 11.4 Å². The maximum Gasteiger partial charge on any atom is 0.248 e. The van der Waals surface area contributed by atoms with Crippen LogP contribution >= 0.6 is 0 Å². The highest BCUT2D eigenvalue weighted by molar-refractivity contribution is 5.93. The van der Waals surface area contributed by atoms with Crippen LogP contribution in [0.2, 0.25) is 0 Å². The van der Waals surface area contributed by atoms with Gasteiger partial charge in [-0.05, 0) is 59.5 Å². The number of pyridine rings is 2. The molecule has 0 atom stereocenters. The number of carbonyl (C=O) groups excluding carboxylic acids is 1. The van der Waals surface area contributed by atoms with Crippen molar-refractivity contribution in [3.05, 3.63) is 109 Å². The lowest BCUT2D eigenvalue weighted by Crippen LogP contribution is -2.21. The maximum absolute atomic E-state index is 11.8. The van der Waals surface area contributed by atoms with E-state index in [0.29, 0.717) is 12.1 Å². The van der Waals surface area contributed by atoms with E-state index in [1.807, 2.05) is 67.0 Å². The molecule has 0 unspecified atom stereocenters. The largest absolute Gasteiger partial charge is 0.366 e. The van der Waals surface area contributed by atoms with Crippen LogP contribution in [0.1, 0.15) is 15.9 Å². The minimum Gasteiger partial charge on any atom is -0.366 e. The lowest BCUT2D eigenvalue weighted by atomic mass is 9.95. The van der Waals surface area contributed by atoms with Gasteiger partial charge in [0.2, 0.25) is 5.91 Å². The molecule has 0 aliphatic carbocycles. The number of hydrogen-bond donors (Lipinski definition) is 1. The van der Waals surface area contributed by atoms with E-state index in [1.54, 1.807) is 18.5 Å². The van der Waals surface area contributed by atoms with Gasteiger partial charge in [0.25, 0.3) is 0 Å². The van der Waals surface area contributed by atoms with Gasteiger partial charge in [0, 0.05) is 24.5 Å². The number of carbonyl (C=O) groups is 1. The number of aromatic nitrogens is 2. The lowest BCUT2D eigenvalue weighted by Gasteiger charge is -2.25. The molecule has 5 nitrogen and oxygen atoms in total. The molecule has 0 saturated heterocycles. The third-order valence-electron chi connectivity index (χ3n) is 4.99. The van der Waals surface area contributed by atoms with E-state index in [9.17, 15) is 4.79 Å². The van der Waals surface area contributed by atoms with Crippen LogP contribution in [0.25, 0.3) is 11.1 Å². The summed E-state index contributed by atoms with van der Waals surface area (Å²) in [4.78, 5) is 22.5. The maximum atomic E-state index is 11.8. The molecule has 5 heteroatoms. The quantitative estimate of drug-likeness (QED) is 0.496. The zero-order valence-corrected chi connectivity index (χ0v) is 16.5. The average Bonchev–Trinajstić information content (AvgIpc) is 2.81. The highest BCUT2D eigenvalue weighted by Gasteiger charge is 2.14. The molecule has 0 spiro atoms. The topological polar surface area (TPSA) is 72.1 Å². The third-order valence-corrected chi connectivity index (χ3v) is 4.99. The van der Waals surface area contributed by atoms with E-state index in [1.165, 1.54) is 0 Å². The smallest absolute Gasteiger partial charge is 0.248 e. The summed E-state index contributed by atoms with van der Waals surface area (Å²) < 4.78 is 0. The van der Waals surface area contributed by atoms with Crippen LogP contribution in [0.4, 0.5) is 11.4 Å². The monoisotopic (exact) mass is 394 g/mol. The van der Waals surface area contributed by atoms with Crippen molar-refractivity contribution in [2.24, 2.45) is 5.73 Å². The second-order valence-electron chi connectivity index (χ2n) is 6.93. The summed E-state index contributed by atoms with van der Waals surface area (Å²) in [5.74, 6) is -0.424. The van der Waals surface area contributed by atoms with E-state index in [0.717, 1.165) is 34.5 Å². The first kappa shape index (κ1) is 19.3. The van der Waals surface area contributed by atoms with E-state index >= 15 is 0 Å². The Morgan fingerprint density at radius 2 is 1.50 bits per heavy atom. The van der Waals surface area contributed by atoms with Crippen molar-refractivity contribution >= 4 is 17.3 Å². The van der Waals surface area contributed by atoms with Gasteiger partial charge in [-0.1, -0.05) is 36.4 Å². The van der Waals surface area contributed by atoms with Crippen molar-refractivity contribution in [2.45, 2.75) is 6.42 Å². The molecule has 2 N–H and O–H groups in total. The van der Waals surface area contributed by atoms with Crippen LogP contribution in [0.5, 0.6) is 0 Å². The van der Waals surface area contributed by atoms with E-state index in [-0.39, 0.29) is 0 Å². The van der Waals surface area contributed by atoms with Gasteiger partial charge in [-0.15, -0.1) is 0 Å². The Hall–Kier alpha value is -3.99. The number of hydrogen-bond acceptors (Lipinski definition) is 4. The zero-order chi connectivity index (χ0) is 20.8. The van der Waals surface area contributed by atoms with Gasteiger partial charge >= 0.3 is 0 Å². The SMILES string of the molecule is NC(=O)c1ccc(-c2ccccc2)c(CCN(c2cccnc2)c2cccnc2)c1. The van der Waals surface area contributed by atoms with Crippen molar-refractivity contribution in [3.63, 3.8) is 0 Å². The average molecular weight is 394 g/mol. The van der Waals surface area contributed by atoms with E-state index in [4.69, 9.17) is 5.73 Å². The van der Waals surface area contributed by atoms with Crippen molar-refractivity contribution in [1.82, 2.24) is 9.97 Å². The first-order valence-electron chi connectivity index (χ1n) is 9.78. The molecular formula is C25H22N4O. The summed E-state index contributed by atoms with van der Waals surface area (Å²) in [7, 11) is 0. The van der Waals surface area contributed by atoms with Crippen molar-refractivity contribution in [3.8, 4) is 11.1 Å². The third kappa shape index (κ3) is 4.36.